The highest BCUT2D eigenvalue weighted by Crippen LogP contribution is 2.24. The summed E-state index contributed by atoms with van der Waals surface area (Å²) in [5, 5.41) is 8.28. The summed E-state index contributed by atoms with van der Waals surface area (Å²) < 4.78 is 0. The molecule has 1 aliphatic heterocycles. The van der Waals surface area contributed by atoms with Crippen LogP contribution in [0.4, 0.5) is 4.79 Å². The van der Waals surface area contributed by atoms with Crippen molar-refractivity contribution in [3.8, 4) is 0 Å². The van der Waals surface area contributed by atoms with E-state index in [1.54, 1.807) is 11.3 Å². The number of aromatic nitrogens is 1. The van der Waals surface area contributed by atoms with Crippen molar-refractivity contribution in [3.05, 3.63) is 15.6 Å². The number of hydrogen-bond acceptors (Lipinski definition) is 5. The van der Waals surface area contributed by atoms with Crippen LogP contribution in [0.15, 0.2) is 0 Å². The average molecular weight is 310 g/mol. The third-order valence-electron chi connectivity index (χ3n) is 3.10. The molecule has 0 radical (unpaired) electrons. The van der Waals surface area contributed by atoms with Gasteiger partial charge in [0.25, 0.3) is 5.91 Å². The van der Waals surface area contributed by atoms with Crippen LogP contribution < -0.4 is 16.0 Å². The van der Waals surface area contributed by atoms with E-state index in [0.29, 0.717) is 12.5 Å². The lowest BCUT2D eigenvalue weighted by Crippen LogP contribution is -2.35. The van der Waals surface area contributed by atoms with Crippen LogP contribution in [-0.4, -0.2) is 28.9 Å². The Labute approximate surface area is 126 Å². The molecule has 0 aliphatic carbocycles. The van der Waals surface area contributed by atoms with E-state index in [-0.39, 0.29) is 12.3 Å². The van der Waals surface area contributed by atoms with Crippen molar-refractivity contribution in [1.82, 2.24) is 20.9 Å². The van der Waals surface area contributed by atoms with Crippen LogP contribution in [0.3, 0.4) is 0 Å². The minimum absolute atomic E-state index is 0.0630. The maximum atomic E-state index is 11.8. The molecule has 1 fully saturated rings. The Bertz CT molecular complexity index is 582. The second kappa shape index (κ2) is 6.21. The first kappa shape index (κ1) is 15.4. The predicted octanol–water partition coefficient (Wildman–Crippen LogP) is 0.789. The average Bonchev–Trinajstić information content (AvgIpc) is 2.90. The third kappa shape index (κ3) is 3.78. The number of nitrogens with zero attached hydrogens (tertiary/aromatic N) is 1. The van der Waals surface area contributed by atoms with E-state index in [2.05, 4.69) is 34.8 Å². The molecule has 114 valence electrons. The smallest absolute Gasteiger partial charge is 0.322 e. The summed E-state index contributed by atoms with van der Waals surface area (Å²) in [5.74, 6) is -0.391. The summed E-state index contributed by atoms with van der Waals surface area (Å²) in [6, 6.07) is -1.34. The molecule has 4 amide bonds. The molecule has 0 aromatic carbocycles. The molecule has 21 heavy (non-hydrogen) atoms. The number of carbonyl (C=O) groups is 3. The second-order valence-corrected chi connectivity index (χ2v) is 6.33. The molecule has 7 nitrogen and oxygen atoms in total. The zero-order valence-electron chi connectivity index (χ0n) is 12.1. The van der Waals surface area contributed by atoms with E-state index in [1.165, 1.54) is 0 Å². The number of hydrogen-bond donors (Lipinski definition) is 3. The third-order valence-corrected chi connectivity index (χ3v) is 4.56. The van der Waals surface area contributed by atoms with Crippen molar-refractivity contribution in [1.29, 1.82) is 0 Å². The molecule has 0 saturated carbocycles. The number of aryl methyl sites for hydroxylation is 1. The van der Waals surface area contributed by atoms with Crippen LogP contribution in [0.5, 0.6) is 0 Å². The Balaban J connectivity index is 1.87. The summed E-state index contributed by atoms with van der Waals surface area (Å²) in [7, 11) is 0. The first-order chi connectivity index (χ1) is 9.86. The lowest BCUT2D eigenvalue weighted by atomic mass is 10.2. The van der Waals surface area contributed by atoms with Gasteiger partial charge < -0.3 is 10.6 Å². The highest BCUT2D eigenvalue weighted by Gasteiger charge is 2.31. The predicted molar refractivity (Wildman–Crippen MR) is 77.9 cm³/mol. The van der Waals surface area contributed by atoms with Crippen LogP contribution in [0.1, 0.15) is 41.8 Å². The van der Waals surface area contributed by atoms with Gasteiger partial charge >= 0.3 is 6.03 Å². The molecule has 1 atom stereocenters. The minimum Gasteiger partial charge on any atom is -0.351 e. The summed E-state index contributed by atoms with van der Waals surface area (Å²) >= 11 is 1.58. The van der Waals surface area contributed by atoms with Crippen LogP contribution in [0, 0.1) is 6.92 Å². The number of imide groups is 1. The van der Waals surface area contributed by atoms with Crippen LogP contribution in [0.25, 0.3) is 0 Å². The van der Waals surface area contributed by atoms with Gasteiger partial charge in [-0.3, -0.25) is 14.9 Å². The first-order valence-corrected chi connectivity index (χ1v) is 7.52. The van der Waals surface area contributed by atoms with Crippen molar-refractivity contribution in [2.45, 2.75) is 45.7 Å². The molecular weight excluding hydrogens is 292 g/mol. The second-order valence-electron chi connectivity index (χ2n) is 5.21. The maximum absolute atomic E-state index is 11.8. The van der Waals surface area contributed by atoms with Gasteiger partial charge in [-0.25, -0.2) is 9.78 Å². The number of amides is 4. The lowest BCUT2D eigenvalue weighted by Gasteiger charge is -2.07. The number of carbonyl (C=O) groups excluding carboxylic acids is 3. The number of thiazole rings is 1. The Morgan fingerprint density at radius 2 is 2.14 bits per heavy atom. The van der Waals surface area contributed by atoms with E-state index < -0.39 is 18.0 Å². The van der Waals surface area contributed by atoms with E-state index in [1.807, 2.05) is 6.92 Å². The zero-order valence-corrected chi connectivity index (χ0v) is 13.0. The number of rotatable bonds is 5. The lowest BCUT2D eigenvalue weighted by molar-refractivity contribution is -0.126. The zero-order chi connectivity index (χ0) is 15.6. The fraction of sp³-hybridized carbons (Fsp3) is 0.538. The van der Waals surface area contributed by atoms with E-state index >= 15 is 0 Å². The number of nitrogens with one attached hydrogen (secondary N) is 3. The van der Waals surface area contributed by atoms with Gasteiger partial charge in [0.1, 0.15) is 6.04 Å². The molecule has 0 unspecified atom stereocenters. The van der Waals surface area contributed by atoms with Gasteiger partial charge in [0.05, 0.1) is 23.7 Å². The van der Waals surface area contributed by atoms with Gasteiger partial charge in [-0.05, 0) is 6.92 Å². The largest absolute Gasteiger partial charge is 0.351 e. The van der Waals surface area contributed by atoms with Crippen molar-refractivity contribution < 1.29 is 14.4 Å². The molecule has 0 bridgehead atoms. The Hall–Kier alpha value is -1.96. The highest BCUT2D eigenvalue weighted by molar-refractivity contribution is 7.11. The minimum atomic E-state index is -0.786. The highest BCUT2D eigenvalue weighted by atomic mass is 32.1. The van der Waals surface area contributed by atoms with Crippen LogP contribution in [-0.2, 0) is 16.1 Å². The van der Waals surface area contributed by atoms with Gasteiger partial charge in [-0.15, -0.1) is 11.3 Å². The molecule has 0 spiro atoms. The molecular formula is C13H18N4O3S. The van der Waals surface area contributed by atoms with Crippen molar-refractivity contribution in [2.24, 2.45) is 0 Å². The molecule has 1 aliphatic rings. The van der Waals surface area contributed by atoms with Crippen molar-refractivity contribution in [2.75, 3.05) is 0 Å². The monoisotopic (exact) mass is 310 g/mol. The summed E-state index contributed by atoms with van der Waals surface area (Å²) in [4.78, 5) is 39.6. The molecule has 3 N–H and O–H groups in total. The van der Waals surface area contributed by atoms with Crippen LogP contribution >= 0.6 is 11.3 Å². The fourth-order valence-corrected chi connectivity index (χ4v) is 2.91. The SMILES string of the molecule is Cc1nc(C(C)C)sc1CNC(=O)C[C@@H]1NC(=O)NC1=O. The summed E-state index contributed by atoms with van der Waals surface area (Å²) in [6.45, 7) is 6.44. The van der Waals surface area contributed by atoms with Gasteiger partial charge in [0.2, 0.25) is 5.91 Å². The van der Waals surface area contributed by atoms with Crippen LogP contribution in [0.2, 0.25) is 0 Å². The fourth-order valence-electron chi connectivity index (χ4n) is 1.90. The molecule has 2 rings (SSSR count). The van der Waals surface area contributed by atoms with E-state index in [0.717, 1.165) is 15.6 Å². The van der Waals surface area contributed by atoms with E-state index in [9.17, 15) is 14.4 Å². The maximum Gasteiger partial charge on any atom is 0.322 e. The van der Waals surface area contributed by atoms with Gasteiger partial charge in [0.15, 0.2) is 0 Å². The molecule has 8 heteroatoms. The molecule has 1 aromatic heterocycles. The van der Waals surface area contributed by atoms with Gasteiger partial charge in [-0.1, -0.05) is 13.8 Å². The Morgan fingerprint density at radius 1 is 1.43 bits per heavy atom. The van der Waals surface area contributed by atoms with Crippen molar-refractivity contribution in [3.63, 3.8) is 0 Å². The molecule has 1 saturated heterocycles. The number of urea groups is 1. The standard InChI is InChI=1S/C13H18N4O3S/c1-6(2)12-15-7(3)9(21-12)5-14-10(18)4-8-11(19)17-13(20)16-8/h6,8H,4-5H2,1-3H3,(H,14,18)(H2,16,17,19,20)/t8-/m0/s1. The van der Waals surface area contributed by atoms with E-state index in [4.69, 9.17) is 0 Å². The first-order valence-electron chi connectivity index (χ1n) is 6.71. The van der Waals surface area contributed by atoms with Gasteiger partial charge in [-0.2, -0.15) is 0 Å². The summed E-state index contributed by atoms with van der Waals surface area (Å²) in [6.07, 6.45) is -0.0630. The Morgan fingerprint density at radius 3 is 2.67 bits per heavy atom. The summed E-state index contributed by atoms with van der Waals surface area (Å²) in [5.41, 5.74) is 0.913. The topological polar surface area (TPSA) is 100 Å². The van der Waals surface area contributed by atoms with Gasteiger partial charge in [0, 0.05) is 10.8 Å². The Kier molecular flexibility index (Phi) is 4.56. The normalized spacial score (nSPS) is 17.8. The molecule has 2 heterocycles. The van der Waals surface area contributed by atoms with Crippen molar-refractivity contribution >= 4 is 29.2 Å². The quantitative estimate of drug-likeness (QED) is 0.700. The molecule has 1 aromatic rings.